The highest BCUT2D eigenvalue weighted by atomic mass is 79.9. The number of hydrogen-bond acceptors (Lipinski definition) is 3. The first-order valence-corrected chi connectivity index (χ1v) is 6.36. The maximum Gasteiger partial charge on any atom is 0.206 e. The van der Waals surface area contributed by atoms with Crippen LogP contribution in [0.25, 0.3) is 0 Å². The molecule has 0 bridgehead atoms. The van der Waals surface area contributed by atoms with Gasteiger partial charge >= 0.3 is 0 Å². The van der Waals surface area contributed by atoms with Gasteiger partial charge in [0.15, 0.2) is 0 Å². The van der Waals surface area contributed by atoms with Crippen molar-refractivity contribution in [3.8, 4) is 0 Å². The molecule has 2 rings (SSSR count). The summed E-state index contributed by atoms with van der Waals surface area (Å²) in [7, 11) is 0. The van der Waals surface area contributed by atoms with E-state index in [0.29, 0.717) is 19.8 Å². The second-order valence-electron chi connectivity index (χ2n) is 4.10. The van der Waals surface area contributed by atoms with E-state index >= 15 is 0 Å². The second-order valence-corrected chi connectivity index (χ2v) is 4.96. The Bertz CT molecular complexity index is 295. The largest absolute Gasteiger partial charge is 0.373 e. The molecule has 1 fully saturated rings. The van der Waals surface area contributed by atoms with Gasteiger partial charge in [0.2, 0.25) is 5.79 Å². The molecule has 1 aliphatic carbocycles. The van der Waals surface area contributed by atoms with E-state index in [9.17, 15) is 0 Å². The lowest BCUT2D eigenvalue weighted by Gasteiger charge is -2.40. The highest BCUT2D eigenvalue weighted by molar-refractivity contribution is 9.11. The third kappa shape index (κ3) is 1.99. The van der Waals surface area contributed by atoms with Crippen LogP contribution in [0.4, 0.5) is 0 Å². The van der Waals surface area contributed by atoms with E-state index in [-0.39, 0.29) is 12.0 Å². The number of ether oxygens (including phenoxy) is 3. The molecule has 1 heterocycles. The highest BCUT2D eigenvalue weighted by Crippen LogP contribution is 2.44. The fourth-order valence-electron chi connectivity index (χ4n) is 2.26. The average Bonchev–Trinajstić information content (AvgIpc) is 2.76. The summed E-state index contributed by atoms with van der Waals surface area (Å²) in [5, 5.41) is 0. The molecule has 90 valence electrons. The molecule has 0 N–H and O–H groups in total. The van der Waals surface area contributed by atoms with Gasteiger partial charge < -0.3 is 14.2 Å². The van der Waals surface area contributed by atoms with Gasteiger partial charge in [-0.2, -0.15) is 0 Å². The summed E-state index contributed by atoms with van der Waals surface area (Å²) in [5.41, 5.74) is 0. The summed E-state index contributed by atoms with van der Waals surface area (Å²) in [6.07, 6.45) is 4.85. The molecular formula is C12H17BrO3. The molecule has 0 aromatic rings. The van der Waals surface area contributed by atoms with Crippen LogP contribution in [0.2, 0.25) is 0 Å². The SMILES string of the molecule is C=CCO[C@H]1CC=C(Br)C2(OCCO2)[C@H]1C. The molecule has 3 nitrogen and oxygen atoms in total. The van der Waals surface area contributed by atoms with E-state index in [0.717, 1.165) is 10.9 Å². The zero-order valence-corrected chi connectivity index (χ0v) is 11.0. The molecule has 1 saturated heterocycles. The molecule has 1 aliphatic heterocycles. The van der Waals surface area contributed by atoms with E-state index in [1.165, 1.54) is 0 Å². The summed E-state index contributed by atoms with van der Waals surface area (Å²) in [6.45, 7) is 7.61. The smallest absolute Gasteiger partial charge is 0.206 e. The van der Waals surface area contributed by atoms with Crippen molar-refractivity contribution in [1.29, 1.82) is 0 Å². The Balaban J connectivity index is 2.14. The number of rotatable bonds is 3. The standard InChI is InChI=1S/C12H17BrO3/c1-3-6-14-10-4-5-11(13)12(9(10)2)15-7-8-16-12/h3,5,9-10H,1,4,6-8H2,2H3/t9-,10-/m0/s1. The maximum absolute atomic E-state index is 5.77. The average molecular weight is 289 g/mol. The molecule has 0 saturated carbocycles. The summed E-state index contributed by atoms with van der Waals surface area (Å²) in [5.74, 6) is -0.446. The maximum atomic E-state index is 5.77. The topological polar surface area (TPSA) is 27.7 Å². The Morgan fingerprint density at radius 3 is 2.94 bits per heavy atom. The molecule has 1 spiro atoms. The summed E-state index contributed by atoms with van der Waals surface area (Å²) in [4.78, 5) is 0. The number of hydrogen-bond donors (Lipinski definition) is 0. The van der Waals surface area contributed by atoms with Crippen LogP contribution in [0.1, 0.15) is 13.3 Å². The third-order valence-corrected chi connectivity index (χ3v) is 4.04. The van der Waals surface area contributed by atoms with Gasteiger partial charge in [-0.25, -0.2) is 0 Å². The van der Waals surface area contributed by atoms with Gasteiger partial charge in [-0.3, -0.25) is 0 Å². The molecular weight excluding hydrogens is 272 g/mol. The normalized spacial score (nSPS) is 32.8. The predicted octanol–water partition coefficient (Wildman–Crippen LogP) is 2.62. The second kappa shape index (κ2) is 5.00. The Kier molecular flexibility index (Phi) is 3.85. The summed E-state index contributed by atoms with van der Waals surface area (Å²) in [6, 6.07) is 0. The minimum Gasteiger partial charge on any atom is -0.373 e. The van der Waals surface area contributed by atoms with Gasteiger partial charge in [0.1, 0.15) is 0 Å². The van der Waals surface area contributed by atoms with Gasteiger partial charge in [0.05, 0.1) is 30.4 Å². The van der Waals surface area contributed by atoms with Crippen molar-refractivity contribution in [2.45, 2.75) is 25.2 Å². The van der Waals surface area contributed by atoms with E-state index in [1.807, 2.05) is 0 Å². The molecule has 0 radical (unpaired) electrons. The van der Waals surface area contributed by atoms with E-state index < -0.39 is 5.79 Å². The molecule has 0 aromatic heterocycles. The quantitative estimate of drug-likeness (QED) is 0.747. The first-order valence-electron chi connectivity index (χ1n) is 5.57. The lowest BCUT2D eigenvalue weighted by molar-refractivity contribution is -0.189. The zero-order valence-electron chi connectivity index (χ0n) is 9.45. The van der Waals surface area contributed by atoms with Crippen molar-refractivity contribution in [3.63, 3.8) is 0 Å². The highest BCUT2D eigenvalue weighted by Gasteiger charge is 2.50. The van der Waals surface area contributed by atoms with Crippen molar-refractivity contribution in [3.05, 3.63) is 23.2 Å². The van der Waals surface area contributed by atoms with Crippen LogP contribution in [0.15, 0.2) is 23.2 Å². The van der Waals surface area contributed by atoms with Crippen LogP contribution >= 0.6 is 15.9 Å². The van der Waals surface area contributed by atoms with Gasteiger partial charge in [-0.15, -0.1) is 6.58 Å². The first kappa shape index (κ1) is 12.3. The minimum absolute atomic E-state index is 0.123. The van der Waals surface area contributed by atoms with Crippen LogP contribution in [0, 0.1) is 5.92 Å². The lowest BCUT2D eigenvalue weighted by Crippen LogP contribution is -2.47. The Labute approximate surface area is 105 Å². The Morgan fingerprint density at radius 1 is 1.62 bits per heavy atom. The molecule has 0 unspecified atom stereocenters. The lowest BCUT2D eigenvalue weighted by atomic mass is 9.87. The van der Waals surface area contributed by atoms with Crippen LogP contribution in [0.5, 0.6) is 0 Å². The van der Waals surface area contributed by atoms with Crippen molar-refractivity contribution in [2.24, 2.45) is 5.92 Å². The molecule has 16 heavy (non-hydrogen) atoms. The van der Waals surface area contributed by atoms with Crippen molar-refractivity contribution >= 4 is 15.9 Å². The zero-order chi connectivity index (χ0) is 11.6. The van der Waals surface area contributed by atoms with Gasteiger partial charge in [-0.05, 0) is 6.42 Å². The molecule has 0 aromatic carbocycles. The van der Waals surface area contributed by atoms with E-state index in [1.54, 1.807) is 6.08 Å². The predicted molar refractivity (Wildman–Crippen MR) is 65.4 cm³/mol. The van der Waals surface area contributed by atoms with Crippen molar-refractivity contribution in [2.75, 3.05) is 19.8 Å². The Morgan fingerprint density at radius 2 is 2.31 bits per heavy atom. The van der Waals surface area contributed by atoms with E-state index in [2.05, 4.69) is 35.5 Å². The molecule has 2 atom stereocenters. The van der Waals surface area contributed by atoms with Crippen LogP contribution < -0.4 is 0 Å². The van der Waals surface area contributed by atoms with Crippen LogP contribution in [0.3, 0.4) is 0 Å². The van der Waals surface area contributed by atoms with E-state index in [4.69, 9.17) is 14.2 Å². The molecule has 4 heteroatoms. The first-order chi connectivity index (χ1) is 7.70. The summed E-state index contributed by atoms with van der Waals surface area (Å²) >= 11 is 3.54. The Hall–Kier alpha value is -0.160. The van der Waals surface area contributed by atoms with Crippen LogP contribution in [-0.2, 0) is 14.2 Å². The van der Waals surface area contributed by atoms with Crippen LogP contribution in [-0.4, -0.2) is 31.7 Å². The fourth-order valence-corrected chi connectivity index (χ4v) is 3.04. The summed E-state index contributed by atoms with van der Waals surface area (Å²) < 4.78 is 18.3. The van der Waals surface area contributed by atoms with Gasteiger partial charge in [-0.1, -0.05) is 35.0 Å². The minimum atomic E-state index is -0.621. The number of halogens is 1. The third-order valence-electron chi connectivity index (χ3n) is 3.16. The molecule has 2 aliphatic rings. The molecule has 0 amide bonds. The van der Waals surface area contributed by atoms with Crippen molar-refractivity contribution < 1.29 is 14.2 Å². The van der Waals surface area contributed by atoms with Crippen molar-refractivity contribution in [1.82, 2.24) is 0 Å². The fraction of sp³-hybridized carbons (Fsp3) is 0.667. The van der Waals surface area contributed by atoms with Gasteiger partial charge in [0, 0.05) is 5.92 Å². The monoisotopic (exact) mass is 288 g/mol. The van der Waals surface area contributed by atoms with Gasteiger partial charge in [0.25, 0.3) is 0 Å².